The van der Waals surface area contributed by atoms with Crippen LogP contribution in [-0.4, -0.2) is 61.7 Å². The average Bonchev–Trinajstić information content (AvgIpc) is 3.41. The summed E-state index contributed by atoms with van der Waals surface area (Å²) >= 11 is 1.70. The second-order valence-electron chi connectivity index (χ2n) is 7.95. The Hall–Kier alpha value is -2.45. The van der Waals surface area contributed by atoms with Crippen LogP contribution in [0.3, 0.4) is 0 Å². The van der Waals surface area contributed by atoms with Crippen molar-refractivity contribution >= 4 is 17.2 Å². The van der Waals surface area contributed by atoms with E-state index in [0.29, 0.717) is 0 Å². The molecule has 146 valence electrons. The van der Waals surface area contributed by atoms with Crippen molar-refractivity contribution in [2.45, 2.75) is 24.9 Å². The first kappa shape index (κ1) is 17.6. The predicted molar refractivity (Wildman–Crippen MR) is 108 cm³/mol. The van der Waals surface area contributed by atoms with Gasteiger partial charge in [0.25, 0.3) is 5.91 Å². The fourth-order valence-corrected chi connectivity index (χ4v) is 5.40. The summed E-state index contributed by atoms with van der Waals surface area (Å²) < 4.78 is 4.27. The van der Waals surface area contributed by atoms with Gasteiger partial charge in [-0.3, -0.25) is 9.69 Å². The topological polar surface area (TPSA) is 59.2 Å². The van der Waals surface area contributed by atoms with Gasteiger partial charge in [-0.25, -0.2) is 0 Å². The van der Waals surface area contributed by atoms with Crippen LogP contribution in [-0.2, 0) is 19.1 Å². The van der Waals surface area contributed by atoms with Crippen LogP contribution in [0, 0.1) is 0 Å². The maximum absolute atomic E-state index is 12.9. The Bertz CT molecular complexity index is 996. The lowest BCUT2D eigenvalue weighted by atomic mass is 9.84. The predicted octanol–water partition coefficient (Wildman–Crippen LogP) is 2.42. The standard InChI is InChI=1S/C20H24N6OS/c1-23-13-17-21-22-18(16-6-4-12-28-16)26(17)20(14-23)7-10-25(11-8-20)19(27)15-5-3-9-24(15)2/h3-6,9,12H,7-8,10-11,13-14H2,1-2H3. The second-order valence-corrected chi connectivity index (χ2v) is 8.89. The Balaban J connectivity index is 1.45. The minimum absolute atomic E-state index is 0.0594. The summed E-state index contributed by atoms with van der Waals surface area (Å²) in [6.45, 7) is 3.27. The maximum Gasteiger partial charge on any atom is 0.270 e. The van der Waals surface area contributed by atoms with Crippen LogP contribution in [0.25, 0.3) is 10.7 Å². The molecule has 1 spiro atoms. The number of hydrogen-bond acceptors (Lipinski definition) is 5. The van der Waals surface area contributed by atoms with Gasteiger partial charge < -0.3 is 14.0 Å². The summed E-state index contributed by atoms with van der Waals surface area (Å²) in [5.41, 5.74) is 0.692. The molecule has 8 heteroatoms. The van der Waals surface area contributed by atoms with E-state index >= 15 is 0 Å². The molecule has 28 heavy (non-hydrogen) atoms. The lowest BCUT2D eigenvalue weighted by Gasteiger charge is -2.48. The highest BCUT2D eigenvalue weighted by Crippen LogP contribution is 2.39. The lowest BCUT2D eigenvalue weighted by Crippen LogP contribution is -2.56. The van der Waals surface area contributed by atoms with E-state index in [1.807, 2.05) is 34.8 Å². The van der Waals surface area contributed by atoms with Gasteiger partial charge >= 0.3 is 0 Å². The number of piperidine rings is 1. The second kappa shape index (κ2) is 6.56. The molecule has 3 aromatic rings. The van der Waals surface area contributed by atoms with Gasteiger partial charge in [0.1, 0.15) is 11.5 Å². The average molecular weight is 397 g/mol. The van der Waals surface area contributed by atoms with Crippen molar-refractivity contribution in [1.82, 2.24) is 29.1 Å². The van der Waals surface area contributed by atoms with Crippen molar-refractivity contribution in [1.29, 1.82) is 0 Å². The zero-order valence-corrected chi connectivity index (χ0v) is 17.0. The third-order valence-corrected chi connectivity index (χ3v) is 6.93. The van der Waals surface area contributed by atoms with Crippen molar-refractivity contribution in [3.63, 3.8) is 0 Å². The molecular weight excluding hydrogens is 372 g/mol. The molecule has 0 saturated carbocycles. The van der Waals surface area contributed by atoms with Gasteiger partial charge in [0, 0.05) is 32.9 Å². The van der Waals surface area contributed by atoms with Crippen LogP contribution in [0.5, 0.6) is 0 Å². The van der Waals surface area contributed by atoms with Crippen molar-refractivity contribution < 1.29 is 4.79 Å². The number of fused-ring (bicyclic) bond motifs is 2. The summed E-state index contributed by atoms with van der Waals surface area (Å²) in [6, 6.07) is 7.99. The van der Waals surface area contributed by atoms with Crippen LogP contribution in [0.1, 0.15) is 29.2 Å². The molecule has 0 N–H and O–H groups in total. The van der Waals surface area contributed by atoms with Crippen molar-refractivity contribution in [2.75, 3.05) is 26.7 Å². The third-order valence-electron chi connectivity index (χ3n) is 6.07. The lowest BCUT2D eigenvalue weighted by molar-refractivity contribution is 0.0404. The van der Waals surface area contributed by atoms with Crippen LogP contribution >= 0.6 is 11.3 Å². The number of thiophene rings is 1. The van der Waals surface area contributed by atoms with Gasteiger partial charge in [-0.2, -0.15) is 0 Å². The number of aryl methyl sites for hydroxylation is 1. The number of carbonyl (C=O) groups is 1. The Morgan fingerprint density at radius 3 is 2.64 bits per heavy atom. The minimum atomic E-state index is -0.0594. The molecule has 1 saturated heterocycles. The third kappa shape index (κ3) is 2.70. The number of likely N-dealkylation sites (tertiary alicyclic amines) is 1. The molecule has 7 nitrogen and oxygen atoms in total. The Labute approximate surface area is 168 Å². The number of aromatic nitrogens is 4. The Morgan fingerprint density at radius 2 is 1.96 bits per heavy atom. The molecule has 0 radical (unpaired) electrons. The first-order chi connectivity index (χ1) is 13.6. The number of nitrogens with zero attached hydrogens (tertiary/aromatic N) is 6. The molecule has 5 heterocycles. The number of rotatable bonds is 2. The van der Waals surface area contributed by atoms with E-state index < -0.39 is 0 Å². The van der Waals surface area contributed by atoms with Gasteiger partial charge in [0.05, 0.1) is 17.0 Å². The van der Waals surface area contributed by atoms with Crippen LogP contribution in [0.15, 0.2) is 35.8 Å². The first-order valence-corrected chi connectivity index (χ1v) is 10.5. The smallest absolute Gasteiger partial charge is 0.270 e. The van der Waals surface area contributed by atoms with Gasteiger partial charge in [0.2, 0.25) is 0 Å². The van der Waals surface area contributed by atoms with Gasteiger partial charge in [0.15, 0.2) is 5.82 Å². The number of amides is 1. The van der Waals surface area contributed by atoms with Crippen molar-refractivity contribution in [3.8, 4) is 10.7 Å². The van der Waals surface area contributed by atoms with Crippen LogP contribution in [0.4, 0.5) is 0 Å². The van der Waals surface area contributed by atoms with Gasteiger partial charge in [-0.1, -0.05) is 6.07 Å². The summed E-state index contributed by atoms with van der Waals surface area (Å²) in [7, 11) is 4.07. The Kier molecular flexibility index (Phi) is 4.13. The molecule has 0 aromatic carbocycles. The van der Waals surface area contributed by atoms with E-state index in [1.54, 1.807) is 11.3 Å². The molecule has 5 rings (SSSR count). The van der Waals surface area contributed by atoms with E-state index in [1.165, 1.54) is 0 Å². The maximum atomic E-state index is 12.9. The van der Waals surface area contributed by atoms with E-state index in [9.17, 15) is 4.79 Å². The fourth-order valence-electron chi connectivity index (χ4n) is 4.71. The van der Waals surface area contributed by atoms with E-state index in [-0.39, 0.29) is 11.4 Å². The number of carbonyl (C=O) groups excluding carboxylic acids is 1. The minimum Gasteiger partial charge on any atom is -0.347 e. The Morgan fingerprint density at radius 1 is 1.14 bits per heavy atom. The molecule has 0 unspecified atom stereocenters. The molecule has 3 aromatic heterocycles. The molecule has 0 atom stereocenters. The summed E-state index contributed by atoms with van der Waals surface area (Å²) in [5.74, 6) is 2.12. The summed E-state index contributed by atoms with van der Waals surface area (Å²) in [6.07, 6.45) is 3.75. The number of likely N-dealkylation sites (N-methyl/N-ethyl adjacent to an activating group) is 1. The fraction of sp³-hybridized carbons (Fsp3) is 0.450. The molecular formula is C20H24N6OS. The highest BCUT2D eigenvalue weighted by atomic mass is 32.1. The van der Waals surface area contributed by atoms with Gasteiger partial charge in [-0.15, -0.1) is 21.5 Å². The van der Waals surface area contributed by atoms with Crippen molar-refractivity contribution in [2.24, 2.45) is 7.05 Å². The molecule has 2 aliphatic rings. The van der Waals surface area contributed by atoms with Gasteiger partial charge in [-0.05, 0) is 43.5 Å². The summed E-state index contributed by atoms with van der Waals surface area (Å²) in [4.78, 5) is 18.4. The highest BCUT2D eigenvalue weighted by molar-refractivity contribution is 7.13. The zero-order chi connectivity index (χ0) is 19.3. The quantitative estimate of drug-likeness (QED) is 0.668. The number of hydrogen-bond donors (Lipinski definition) is 0. The monoisotopic (exact) mass is 396 g/mol. The highest BCUT2D eigenvalue weighted by Gasteiger charge is 2.44. The van der Waals surface area contributed by atoms with Crippen LogP contribution < -0.4 is 0 Å². The van der Waals surface area contributed by atoms with E-state index in [0.717, 1.165) is 61.2 Å². The normalized spacial score (nSPS) is 19.1. The summed E-state index contributed by atoms with van der Waals surface area (Å²) in [5, 5.41) is 11.1. The zero-order valence-electron chi connectivity index (χ0n) is 16.2. The molecule has 2 aliphatic heterocycles. The molecule has 1 amide bonds. The SMILES string of the molecule is CN1Cc2nnc(-c3cccs3)n2C2(CCN(C(=O)c3cccn3C)CC2)C1. The first-order valence-electron chi connectivity index (χ1n) is 9.65. The van der Waals surface area contributed by atoms with E-state index in [2.05, 4.69) is 44.2 Å². The van der Waals surface area contributed by atoms with Crippen LogP contribution in [0.2, 0.25) is 0 Å². The molecule has 0 aliphatic carbocycles. The molecule has 1 fully saturated rings. The van der Waals surface area contributed by atoms with E-state index in [4.69, 9.17) is 0 Å². The molecule has 0 bridgehead atoms. The largest absolute Gasteiger partial charge is 0.347 e. The van der Waals surface area contributed by atoms with Crippen molar-refractivity contribution in [3.05, 3.63) is 47.4 Å².